The smallest absolute Gasteiger partial charge is 0.0992 e. The maximum Gasteiger partial charge on any atom is 0.0992 e. The van der Waals surface area contributed by atoms with E-state index in [4.69, 9.17) is 15.1 Å². The average molecular weight is 290 g/mol. The van der Waals surface area contributed by atoms with Crippen LogP contribution < -0.4 is 4.90 Å². The number of aliphatic hydroxyl groups excluding tert-OH is 2. The molecule has 1 saturated heterocycles. The molecule has 5 heteroatoms. The Morgan fingerprint density at radius 1 is 1.43 bits per heavy atom. The summed E-state index contributed by atoms with van der Waals surface area (Å²) in [5.74, 6) is 0. The Morgan fingerprint density at radius 3 is 2.71 bits per heavy atom. The first-order valence-electron chi connectivity index (χ1n) is 7.35. The molecule has 1 fully saturated rings. The van der Waals surface area contributed by atoms with E-state index in [9.17, 15) is 5.11 Å². The lowest BCUT2D eigenvalue weighted by atomic mass is 10.0. The van der Waals surface area contributed by atoms with Crippen molar-refractivity contribution in [3.63, 3.8) is 0 Å². The summed E-state index contributed by atoms with van der Waals surface area (Å²) in [5, 5.41) is 27.7. The molecule has 0 bridgehead atoms. The van der Waals surface area contributed by atoms with Crippen LogP contribution in [0.3, 0.4) is 0 Å². The Hall–Kier alpha value is -1.61. The van der Waals surface area contributed by atoms with Crippen molar-refractivity contribution >= 4 is 5.69 Å². The number of ether oxygens (including phenoxy) is 1. The Balaban J connectivity index is 2.10. The summed E-state index contributed by atoms with van der Waals surface area (Å²) in [6, 6.07) is 7.56. The van der Waals surface area contributed by atoms with Gasteiger partial charge in [-0.3, -0.25) is 0 Å². The van der Waals surface area contributed by atoms with Gasteiger partial charge in [-0.15, -0.1) is 0 Å². The highest BCUT2D eigenvalue weighted by Gasteiger charge is 2.22. The quantitative estimate of drug-likeness (QED) is 0.861. The number of hydrogen-bond acceptors (Lipinski definition) is 5. The van der Waals surface area contributed by atoms with Gasteiger partial charge in [0.2, 0.25) is 0 Å². The number of benzene rings is 1. The summed E-state index contributed by atoms with van der Waals surface area (Å²) in [5.41, 5.74) is 2.39. The third kappa shape index (κ3) is 3.94. The van der Waals surface area contributed by atoms with Crippen molar-refractivity contribution in [3.05, 3.63) is 29.3 Å². The third-order valence-corrected chi connectivity index (χ3v) is 3.84. The largest absolute Gasteiger partial charge is 0.394 e. The average Bonchev–Trinajstić information content (AvgIpc) is 2.52. The van der Waals surface area contributed by atoms with Gasteiger partial charge in [-0.25, -0.2) is 0 Å². The van der Waals surface area contributed by atoms with Gasteiger partial charge in [-0.2, -0.15) is 5.26 Å². The molecule has 0 unspecified atom stereocenters. The summed E-state index contributed by atoms with van der Waals surface area (Å²) in [4.78, 5) is 2.20. The van der Waals surface area contributed by atoms with Crippen LogP contribution in [0.4, 0.5) is 5.69 Å². The Bertz CT molecular complexity index is 503. The van der Waals surface area contributed by atoms with Gasteiger partial charge < -0.3 is 19.8 Å². The zero-order valence-corrected chi connectivity index (χ0v) is 12.3. The van der Waals surface area contributed by atoms with Crippen LogP contribution >= 0.6 is 0 Å². The molecule has 2 N–H and O–H groups in total. The van der Waals surface area contributed by atoms with E-state index in [-0.39, 0.29) is 12.7 Å². The fraction of sp³-hybridized carbons (Fsp3) is 0.562. The standard InChI is InChI=1S/C16H22N2O3/c1-12(20)15-3-2-13(11-17)10-16(15)18-6-4-14(5-7-18)21-9-8-19/h2-3,10,12,14,19-20H,4-9H2,1H3/t12-/m1/s1. The van der Waals surface area contributed by atoms with Crippen LogP contribution in [0, 0.1) is 11.3 Å². The lowest BCUT2D eigenvalue weighted by molar-refractivity contribution is 0.0158. The second kappa shape index (κ2) is 7.41. The topological polar surface area (TPSA) is 76.7 Å². The molecular formula is C16H22N2O3. The monoisotopic (exact) mass is 290 g/mol. The van der Waals surface area contributed by atoms with Crippen molar-refractivity contribution in [2.24, 2.45) is 0 Å². The minimum absolute atomic E-state index is 0.0522. The van der Waals surface area contributed by atoms with Gasteiger partial charge >= 0.3 is 0 Å². The number of aliphatic hydroxyl groups is 2. The second-order valence-electron chi connectivity index (χ2n) is 5.34. The normalized spacial score (nSPS) is 17.5. The Morgan fingerprint density at radius 2 is 2.14 bits per heavy atom. The molecule has 0 radical (unpaired) electrons. The molecule has 0 aliphatic carbocycles. The molecule has 5 nitrogen and oxygen atoms in total. The molecule has 0 saturated carbocycles. The fourth-order valence-electron chi connectivity index (χ4n) is 2.72. The van der Waals surface area contributed by atoms with Crippen LogP contribution in [0.15, 0.2) is 18.2 Å². The summed E-state index contributed by atoms with van der Waals surface area (Å²) < 4.78 is 5.56. The predicted molar refractivity (Wildman–Crippen MR) is 80.1 cm³/mol. The third-order valence-electron chi connectivity index (χ3n) is 3.84. The zero-order valence-electron chi connectivity index (χ0n) is 12.3. The van der Waals surface area contributed by atoms with Crippen LogP contribution in [0.2, 0.25) is 0 Å². The lowest BCUT2D eigenvalue weighted by Gasteiger charge is -2.35. The highest BCUT2D eigenvalue weighted by molar-refractivity contribution is 5.58. The molecule has 0 spiro atoms. The molecule has 0 aromatic heterocycles. The van der Waals surface area contributed by atoms with Gasteiger partial charge in [0.25, 0.3) is 0 Å². The van der Waals surface area contributed by atoms with Gasteiger partial charge in [-0.05, 0) is 31.9 Å². The van der Waals surface area contributed by atoms with E-state index >= 15 is 0 Å². The van der Waals surface area contributed by atoms with Gasteiger partial charge in [-0.1, -0.05) is 6.07 Å². The molecule has 21 heavy (non-hydrogen) atoms. The maximum atomic E-state index is 9.90. The van der Waals surface area contributed by atoms with Crippen molar-refractivity contribution in [2.75, 3.05) is 31.2 Å². The zero-order chi connectivity index (χ0) is 15.2. The number of hydrogen-bond donors (Lipinski definition) is 2. The van der Waals surface area contributed by atoms with Crippen LogP contribution in [0.5, 0.6) is 0 Å². The van der Waals surface area contributed by atoms with Crippen molar-refractivity contribution in [1.29, 1.82) is 5.26 Å². The van der Waals surface area contributed by atoms with Crippen molar-refractivity contribution in [2.45, 2.75) is 32.0 Å². The van der Waals surface area contributed by atoms with Crippen LogP contribution in [-0.4, -0.2) is 42.6 Å². The number of anilines is 1. The van der Waals surface area contributed by atoms with Crippen LogP contribution in [0.1, 0.15) is 37.0 Å². The van der Waals surface area contributed by atoms with E-state index in [2.05, 4.69) is 11.0 Å². The van der Waals surface area contributed by atoms with Crippen LogP contribution in [0.25, 0.3) is 0 Å². The van der Waals surface area contributed by atoms with Crippen LogP contribution in [-0.2, 0) is 4.74 Å². The first-order chi connectivity index (χ1) is 10.2. The van der Waals surface area contributed by atoms with E-state index in [1.165, 1.54) is 0 Å². The number of piperidine rings is 1. The molecule has 1 aliphatic heterocycles. The molecule has 1 heterocycles. The van der Waals surface area contributed by atoms with Gasteiger partial charge in [0.15, 0.2) is 0 Å². The summed E-state index contributed by atoms with van der Waals surface area (Å²) in [6.45, 7) is 3.82. The number of nitrogens with zero attached hydrogens (tertiary/aromatic N) is 2. The molecule has 2 rings (SSSR count). The molecule has 1 aromatic rings. The maximum absolute atomic E-state index is 9.90. The fourth-order valence-corrected chi connectivity index (χ4v) is 2.72. The van der Waals surface area contributed by atoms with E-state index in [0.717, 1.165) is 37.2 Å². The molecule has 0 amide bonds. The number of rotatable bonds is 5. The first-order valence-corrected chi connectivity index (χ1v) is 7.35. The van der Waals surface area contributed by atoms with E-state index in [1.54, 1.807) is 13.0 Å². The molecule has 1 aliphatic rings. The predicted octanol–water partition coefficient (Wildman–Crippen LogP) is 1.59. The Kier molecular flexibility index (Phi) is 5.57. The minimum Gasteiger partial charge on any atom is -0.394 e. The minimum atomic E-state index is -0.559. The molecular weight excluding hydrogens is 268 g/mol. The first kappa shape index (κ1) is 15.8. The summed E-state index contributed by atoms with van der Waals surface area (Å²) >= 11 is 0. The van der Waals surface area contributed by atoms with Gasteiger partial charge in [0, 0.05) is 24.3 Å². The lowest BCUT2D eigenvalue weighted by Crippen LogP contribution is -2.38. The van der Waals surface area contributed by atoms with Gasteiger partial charge in [0.05, 0.1) is 37.1 Å². The highest BCUT2D eigenvalue weighted by Crippen LogP contribution is 2.30. The number of nitriles is 1. The van der Waals surface area contributed by atoms with Gasteiger partial charge in [0.1, 0.15) is 0 Å². The molecule has 1 aromatic carbocycles. The second-order valence-corrected chi connectivity index (χ2v) is 5.34. The van der Waals surface area contributed by atoms with E-state index < -0.39 is 6.10 Å². The van der Waals surface area contributed by atoms with E-state index in [0.29, 0.717) is 12.2 Å². The molecule has 114 valence electrons. The Labute approximate surface area is 125 Å². The highest BCUT2D eigenvalue weighted by atomic mass is 16.5. The van der Waals surface area contributed by atoms with Crippen molar-refractivity contribution in [3.8, 4) is 6.07 Å². The summed E-state index contributed by atoms with van der Waals surface area (Å²) in [6.07, 6.45) is 1.39. The summed E-state index contributed by atoms with van der Waals surface area (Å²) in [7, 11) is 0. The SMILES string of the molecule is C[C@@H](O)c1ccc(C#N)cc1N1CCC(OCCO)CC1. The van der Waals surface area contributed by atoms with E-state index in [1.807, 2.05) is 12.1 Å². The van der Waals surface area contributed by atoms with Crippen molar-refractivity contribution in [1.82, 2.24) is 0 Å². The molecule has 1 atom stereocenters. The van der Waals surface area contributed by atoms with Crippen molar-refractivity contribution < 1.29 is 14.9 Å².